The van der Waals surface area contributed by atoms with Crippen molar-refractivity contribution in [1.82, 2.24) is 34.9 Å². The molecule has 2 aliphatic heterocycles. The van der Waals surface area contributed by atoms with Gasteiger partial charge in [-0.05, 0) is 24.3 Å². The molecule has 1 aromatic carbocycles. The van der Waals surface area contributed by atoms with E-state index in [0.717, 1.165) is 37.7 Å². The van der Waals surface area contributed by atoms with Crippen LogP contribution < -0.4 is 4.90 Å². The van der Waals surface area contributed by atoms with E-state index >= 15 is 0 Å². The van der Waals surface area contributed by atoms with Gasteiger partial charge in [0, 0.05) is 37.4 Å². The summed E-state index contributed by atoms with van der Waals surface area (Å²) in [6.45, 7) is 5.02. The highest BCUT2D eigenvalue weighted by atomic mass is 16.5. The van der Waals surface area contributed by atoms with Gasteiger partial charge < -0.3 is 14.5 Å². The Kier molecular flexibility index (Phi) is 4.68. The minimum absolute atomic E-state index is 0.0517. The molecule has 2 saturated heterocycles. The first-order valence-electron chi connectivity index (χ1n) is 9.73. The third-order valence-corrected chi connectivity index (χ3v) is 5.34. The van der Waals surface area contributed by atoms with E-state index in [-0.39, 0.29) is 11.9 Å². The Morgan fingerprint density at radius 3 is 2.52 bits per heavy atom. The number of aromatic nitrogens is 6. The molecule has 5 rings (SSSR count). The van der Waals surface area contributed by atoms with Gasteiger partial charge in [-0.15, -0.1) is 5.10 Å². The largest absolute Gasteiger partial charge is 0.378 e. The van der Waals surface area contributed by atoms with Crippen LogP contribution in [0.1, 0.15) is 22.1 Å². The van der Waals surface area contributed by atoms with Crippen molar-refractivity contribution in [3.8, 4) is 0 Å². The van der Waals surface area contributed by atoms with Crippen molar-refractivity contribution < 1.29 is 9.53 Å². The Balaban J connectivity index is 1.16. The van der Waals surface area contributed by atoms with Crippen LogP contribution in [0.25, 0.3) is 0 Å². The summed E-state index contributed by atoms with van der Waals surface area (Å²) in [5.74, 6) is 0.0517. The number of hydrogen-bond donors (Lipinski definition) is 0. The predicted octanol–water partition coefficient (Wildman–Crippen LogP) is 0.452. The third-order valence-electron chi connectivity index (χ3n) is 5.34. The molecular weight excluding hydrogens is 372 g/mol. The Hall–Kier alpha value is -3.27. The fourth-order valence-corrected chi connectivity index (χ4v) is 3.64. The summed E-state index contributed by atoms with van der Waals surface area (Å²) in [5, 5.41) is 16.5. The molecule has 2 aromatic heterocycles. The van der Waals surface area contributed by atoms with Crippen LogP contribution in [-0.4, -0.2) is 80.2 Å². The molecular formula is C19H22N8O2. The number of benzene rings is 1. The van der Waals surface area contributed by atoms with Crippen molar-refractivity contribution >= 4 is 11.6 Å². The Morgan fingerprint density at radius 1 is 1.07 bits per heavy atom. The average Bonchev–Trinajstić information content (AvgIpc) is 3.40. The number of carbonyl (C=O) groups excluding carboxylic acids is 1. The number of ether oxygens (including phenoxy) is 1. The molecule has 1 amide bonds. The van der Waals surface area contributed by atoms with Crippen LogP contribution in [-0.2, 0) is 11.3 Å². The molecule has 2 aliphatic rings. The molecule has 4 heterocycles. The Morgan fingerprint density at radius 2 is 1.79 bits per heavy atom. The van der Waals surface area contributed by atoms with E-state index < -0.39 is 0 Å². The highest BCUT2D eigenvalue weighted by Gasteiger charge is 2.33. The first-order chi connectivity index (χ1) is 14.3. The molecule has 0 radical (unpaired) electrons. The maximum absolute atomic E-state index is 12.7. The first kappa shape index (κ1) is 17.8. The zero-order valence-corrected chi connectivity index (χ0v) is 16.0. The monoisotopic (exact) mass is 394 g/mol. The first-order valence-corrected chi connectivity index (χ1v) is 9.73. The zero-order valence-electron chi connectivity index (χ0n) is 16.0. The number of hydrogen-bond acceptors (Lipinski definition) is 7. The van der Waals surface area contributed by atoms with E-state index in [4.69, 9.17) is 4.74 Å². The summed E-state index contributed by atoms with van der Waals surface area (Å²) in [4.78, 5) is 18.4. The lowest BCUT2D eigenvalue weighted by Gasteiger charge is -2.39. The topological polar surface area (TPSA) is 94.2 Å². The van der Waals surface area contributed by atoms with Crippen LogP contribution in [0.4, 0.5) is 5.69 Å². The second-order valence-electron chi connectivity index (χ2n) is 7.26. The quantitative estimate of drug-likeness (QED) is 0.620. The van der Waals surface area contributed by atoms with Gasteiger partial charge in [0.25, 0.3) is 5.91 Å². The van der Waals surface area contributed by atoms with Gasteiger partial charge in [-0.2, -0.15) is 15.0 Å². The number of anilines is 1. The molecule has 10 nitrogen and oxygen atoms in total. The molecule has 10 heteroatoms. The zero-order chi connectivity index (χ0) is 19.6. The summed E-state index contributed by atoms with van der Waals surface area (Å²) < 4.78 is 7.21. The SMILES string of the molecule is O=C(c1ccc(N2CCOCC2)cc1)N1CC(n2cc(Cn3nccn3)nn2)C1. The van der Waals surface area contributed by atoms with Gasteiger partial charge in [-0.3, -0.25) is 4.79 Å². The smallest absolute Gasteiger partial charge is 0.254 e. The van der Waals surface area contributed by atoms with Crippen LogP contribution in [0.5, 0.6) is 0 Å². The predicted molar refractivity (Wildman–Crippen MR) is 104 cm³/mol. The molecule has 29 heavy (non-hydrogen) atoms. The van der Waals surface area contributed by atoms with Crippen LogP contribution in [0, 0.1) is 0 Å². The molecule has 0 aliphatic carbocycles. The summed E-state index contributed by atoms with van der Waals surface area (Å²) >= 11 is 0. The van der Waals surface area contributed by atoms with E-state index in [1.165, 1.54) is 0 Å². The van der Waals surface area contributed by atoms with Gasteiger partial charge >= 0.3 is 0 Å². The summed E-state index contributed by atoms with van der Waals surface area (Å²) in [6, 6.07) is 8.00. The average molecular weight is 394 g/mol. The fourth-order valence-electron chi connectivity index (χ4n) is 3.64. The van der Waals surface area contributed by atoms with Crippen LogP contribution in [0.15, 0.2) is 42.9 Å². The lowest BCUT2D eigenvalue weighted by Crippen LogP contribution is -2.50. The molecule has 0 spiro atoms. The van der Waals surface area contributed by atoms with Crippen molar-refractivity contribution in [3.05, 3.63) is 54.1 Å². The number of carbonyl (C=O) groups is 1. The van der Waals surface area contributed by atoms with E-state index in [0.29, 0.717) is 25.2 Å². The minimum atomic E-state index is 0.0517. The van der Waals surface area contributed by atoms with Gasteiger partial charge in [0.2, 0.25) is 0 Å². The number of likely N-dealkylation sites (tertiary alicyclic amines) is 1. The van der Waals surface area contributed by atoms with Gasteiger partial charge in [0.05, 0.1) is 37.8 Å². The molecule has 0 atom stereocenters. The van der Waals surface area contributed by atoms with Crippen LogP contribution in [0.3, 0.4) is 0 Å². The van der Waals surface area contributed by atoms with E-state index in [9.17, 15) is 4.79 Å². The van der Waals surface area contributed by atoms with E-state index in [1.807, 2.05) is 40.0 Å². The number of amides is 1. The van der Waals surface area contributed by atoms with Crippen LogP contribution >= 0.6 is 0 Å². The fraction of sp³-hybridized carbons (Fsp3) is 0.421. The molecule has 150 valence electrons. The standard InChI is InChI=1S/C19H22N8O2/c28-19(15-1-3-17(4-2-15)24-7-9-29-10-8-24)25-13-18(14-25)26-11-16(22-23-26)12-27-20-5-6-21-27/h1-6,11,18H,7-10,12-14H2. The van der Waals surface area contributed by atoms with Crippen molar-refractivity contribution in [2.45, 2.75) is 12.6 Å². The minimum Gasteiger partial charge on any atom is -0.378 e. The summed E-state index contributed by atoms with van der Waals surface area (Å²) in [5.41, 5.74) is 2.64. The highest BCUT2D eigenvalue weighted by molar-refractivity contribution is 5.95. The number of rotatable bonds is 5. The van der Waals surface area contributed by atoms with Crippen molar-refractivity contribution in [1.29, 1.82) is 0 Å². The Bertz CT molecular complexity index is 957. The lowest BCUT2D eigenvalue weighted by atomic mass is 10.1. The van der Waals surface area contributed by atoms with E-state index in [1.54, 1.807) is 17.2 Å². The van der Waals surface area contributed by atoms with Crippen LogP contribution in [0.2, 0.25) is 0 Å². The molecule has 2 fully saturated rings. The molecule has 3 aromatic rings. The summed E-state index contributed by atoms with van der Waals surface area (Å²) in [6.07, 6.45) is 5.16. The van der Waals surface area contributed by atoms with E-state index in [2.05, 4.69) is 25.4 Å². The second kappa shape index (κ2) is 7.63. The maximum Gasteiger partial charge on any atom is 0.254 e. The second-order valence-corrected chi connectivity index (χ2v) is 7.26. The van der Waals surface area contributed by atoms with Gasteiger partial charge in [0.15, 0.2) is 0 Å². The van der Waals surface area contributed by atoms with Gasteiger partial charge in [-0.25, -0.2) is 4.68 Å². The number of nitrogens with zero attached hydrogens (tertiary/aromatic N) is 8. The Labute approximate surface area is 167 Å². The highest BCUT2D eigenvalue weighted by Crippen LogP contribution is 2.24. The summed E-state index contributed by atoms with van der Waals surface area (Å²) in [7, 11) is 0. The normalized spacial score (nSPS) is 17.4. The number of morpholine rings is 1. The van der Waals surface area contributed by atoms with Crippen molar-refractivity contribution in [3.63, 3.8) is 0 Å². The third kappa shape index (κ3) is 3.70. The van der Waals surface area contributed by atoms with Crippen molar-refractivity contribution in [2.75, 3.05) is 44.3 Å². The molecule has 0 N–H and O–H groups in total. The molecule has 0 unspecified atom stereocenters. The lowest BCUT2D eigenvalue weighted by molar-refractivity contribution is 0.0498. The van der Waals surface area contributed by atoms with Gasteiger partial charge in [-0.1, -0.05) is 5.21 Å². The molecule has 0 saturated carbocycles. The van der Waals surface area contributed by atoms with Crippen molar-refractivity contribution in [2.24, 2.45) is 0 Å². The maximum atomic E-state index is 12.7. The van der Waals surface area contributed by atoms with Gasteiger partial charge in [0.1, 0.15) is 12.2 Å². The molecule has 0 bridgehead atoms.